The van der Waals surface area contributed by atoms with E-state index in [9.17, 15) is 4.79 Å². The molecule has 0 N–H and O–H groups in total. The second kappa shape index (κ2) is 4.30. The molecule has 0 aromatic rings. The van der Waals surface area contributed by atoms with Crippen molar-refractivity contribution in [1.29, 1.82) is 0 Å². The molecule has 0 aliphatic heterocycles. The van der Waals surface area contributed by atoms with E-state index >= 15 is 0 Å². The van der Waals surface area contributed by atoms with Crippen LogP contribution in [0.15, 0.2) is 0 Å². The van der Waals surface area contributed by atoms with Crippen LogP contribution in [0.3, 0.4) is 0 Å². The predicted octanol–water partition coefficient (Wildman–Crippen LogP) is 2.06. The van der Waals surface area contributed by atoms with E-state index in [1.54, 1.807) is 21.0 Å². The number of hydrogen-bond acceptors (Lipinski definition) is 2. The van der Waals surface area contributed by atoms with Gasteiger partial charge in [0.25, 0.3) is 5.91 Å². The van der Waals surface area contributed by atoms with Gasteiger partial charge in [-0.05, 0) is 41.5 Å². The first-order valence-electron chi connectivity index (χ1n) is 5.04. The molecule has 3 heteroatoms. The molecule has 0 atom stereocenters. The maximum atomic E-state index is 12.1. The molecule has 1 amide bonds. The molecule has 0 unspecified atom stereocenters. The monoisotopic (exact) mass is 201 g/mol. The third-order valence-electron chi connectivity index (χ3n) is 2.40. The molecule has 0 saturated carbocycles. The van der Waals surface area contributed by atoms with E-state index in [4.69, 9.17) is 4.74 Å². The largest absolute Gasteiger partial charge is 0.369 e. The van der Waals surface area contributed by atoms with Gasteiger partial charge in [-0.25, -0.2) is 0 Å². The fourth-order valence-corrected chi connectivity index (χ4v) is 1.33. The van der Waals surface area contributed by atoms with Gasteiger partial charge in [-0.15, -0.1) is 0 Å². The summed E-state index contributed by atoms with van der Waals surface area (Å²) >= 11 is 0. The zero-order valence-corrected chi connectivity index (χ0v) is 10.5. The average Bonchev–Trinajstić information content (AvgIpc) is 2.03. The molecule has 0 bridgehead atoms. The molecular formula is C11H23NO2. The summed E-state index contributed by atoms with van der Waals surface area (Å²) in [5, 5.41) is 0. The van der Waals surface area contributed by atoms with Gasteiger partial charge >= 0.3 is 0 Å². The Morgan fingerprint density at radius 2 is 1.64 bits per heavy atom. The number of methoxy groups -OCH3 is 1. The molecular weight excluding hydrogens is 178 g/mol. The van der Waals surface area contributed by atoms with Gasteiger partial charge in [-0.2, -0.15) is 0 Å². The van der Waals surface area contributed by atoms with Gasteiger partial charge in [0.2, 0.25) is 0 Å². The minimum Gasteiger partial charge on any atom is -0.369 e. The molecule has 0 aromatic heterocycles. The molecule has 0 fully saturated rings. The fourth-order valence-electron chi connectivity index (χ4n) is 1.33. The van der Waals surface area contributed by atoms with E-state index in [0.29, 0.717) is 6.54 Å². The lowest BCUT2D eigenvalue weighted by molar-refractivity contribution is -0.155. The minimum atomic E-state index is -0.733. The van der Waals surface area contributed by atoms with Crippen LogP contribution in [0.1, 0.15) is 41.5 Å². The van der Waals surface area contributed by atoms with Gasteiger partial charge in [0.15, 0.2) is 0 Å². The molecule has 0 spiro atoms. The maximum absolute atomic E-state index is 12.1. The number of hydrogen-bond donors (Lipinski definition) is 0. The average molecular weight is 201 g/mol. The van der Waals surface area contributed by atoms with Crippen molar-refractivity contribution < 1.29 is 9.53 Å². The number of ether oxygens (including phenoxy) is 1. The number of rotatable bonds is 3. The lowest BCUT2D eigenvalue weighted by Gasteiger charge is -2.39. The molecule has 0 radical (unpaired) electrons. The zero-order chi connectivity index (χ0) is 11.6. The van der Waals surface area contributed by atoms with Crippen LogP contribution in [0.5, 0.6) is 0 Å². The SMILES string of the molecule is CCN(C(=O)C(C)(C)OC)C(C)(C)C. The first-order valence-corrected chi connectivity index (χ1v) is 5.04. The number of amides is 1. The normalized spacial score (nSPS) is 12.8. The van der Waals surface area contributed by atoms with E-state index in [2.05, 4.69) is 0 Å². The topological polar surface area (TPSA) is 29.5 Å². The highest BCUT2D eigenvalue weighted by atomic mass is 16.5. The number of nitrogens with zero attached hydrogens (tertiary/aromatic N) is 1. The molecule has 0 rings (SSSR count). The molecule has 0 heterocycles. The van der Waals surface area contributed by atoms with Crippen LogP contribution in [0.25, 0.3) is 0 Å². The third kappa shape index (κ3) is 2.98. The second-order valence-corrected chi connectivity index (χ2v) is 4.93. The smallest absolute Gasteiger partial charge is 0.254 e. The Kier molecular flexibility index (Phi) is 4.13. The lowest BCUT2D eigenvalue weighted by Crippen LogP contribution is -2.53. The third-order valence-corrected chi connectivity index (χ3v) is 2.40. The van der Waals surface area contributed by atoms with Crippen molar-refractivity contribution in [2.75, 3.05) is 13.7 Å². The summed E-state index contributed by atoms with van der Waals surface area (Å²) < 4.78 is 5.19. The summed E-state index contributed by atoms with van der Waals surface area (Å²) in [6.07, 6.45) is 0. The van der Waals surface area contributed by atoms with Gasteiger partial charge in [-0.1, -0.05) is 0 Å². The second-order valence-electron chi connectivity index (χ2n) is 4.93. The Bertz CT molecular complexity index is 204. The predicted molar refractivity (Wildman–Crippen MR) is 58.2 cm³/mol. The Labute approximate surface area is 87.4 Å². The molecule has 0 saturated heterocycles. The van der Waals surface area contributed by atoms with Gasteiger partial charge in [0.1, 0.15) is 5.60 Å². The Morgan fingerprint density at radius 1 is 1.21 bits per heavy atom. The van der Waals surface area contributed by atoms with Crippen molar-refractivity contribution in [3.8, 4) is 0 Å². The quantitative estimate of drug-likeness (QED) is 0.699. The first-order chi connectivity index (χ1) is 6.16. The Morgan fingerprint density at radius 3 is 1.86 bits per heavy atom. The number of carbonyl (C=O) groups is 1. The maximum Gasteiger partial charge on any atom is 0.254 e. The van der Waals surface area contributed by atoms with Crippen molar-refractivity contribution in [1.82, 2.24) is 4.90 Å². The van der Waals surface area contributed by atoms with Crippen molar-refractivity contribution in [3.63, 3.8) is 0 Å². The summed E-state index contributed by atoms with van der Waals surface area (Å²) in [6.45, 7) is 12.4. The van der Waals surface area contributed by atoms with Gasteiger partial charge in [-0.3, -0.25) is 4.79 Å². The van der Waals surface area contributed by atoms with E-state index in [0.717, 1.165) is 0 Å². The van der Waals surface area contributed by atoms with Gasteiger partial charge in [0.05, 0.1) is 0 Å². The van der Waals surface area contributed by atoms with E-state index in [1.807, 2.05) is 32.6 Å². The Hall–Kier alpha value is -0.570. The molecule has 3 nitrogen and oxygen atoms in total. The van der Waals surface area contributed by atoms with Crippen LogP contribution in [0.2, 0.25) is 0 Å². The summed E-state index contributed by atoms with van der Waals surface area (Å²) in [5.41, 5.74) is -0.884. The van der Waals surface area contributed by atoms with Crippen molar-refractivity contribution in [2.24, 2.45) is 0 Å². The molecule has 0 aliphatic rings. The first kappa shape index (κ1) is 13.4. The highest BCUT2D eigenvalue weighted by Crippen LogP contribution is 2.20. The van der Waals surface area contributed by atoms with E-state index < -0.39 is 5.60 Å². The zero-order valence-electron chi connectivity index (χ0n) is 10.5. The molecule has 0 aliphatic carbocycles. The highest BCUT2D eigenvalue weighted by molar-refractivity contribution is 5.85. The lowest BCUT2D eigenvalue weighted by atomic mass is 10.0. The van der Waals surface area contributed by atoms with E-state index in [1.165, 1.54) is 0 Å². The van der Waals surface area contributed by atoms with Crippen LogP contribution in [-0.4, -0.2) is 35.6 Å². The van der Waals surface area contributed by atoms with Crippen molar-refractivity contribution in [2.45, 2.75) is 52.7 Å². The summed E-state index contributed by atoms with van der Waals surface area (Å²) in [4.78, 5) is 13.9. The van der Waals surface area contributed by atoms with Crippen molar-refractivity contribution in [3.05, 3.63) is 0 Å². The number of likely N-dealkylation sites (N-methyl/N-ethyl adjacent to an activating group) is 1. The van der Waals surface area contributed by atoms with Crippen LogP contribution in [0, 0.1) is 0 Å². The minimum absolute atomic E-state index is 0.0370. The number of carbonyl (C=O) groups excluding carboxylic acids is 1. The summed E-state index contributed by atoms with van der Waals surface area (Å²) in [5.74, 6) is 0.0370. The van der Waals surface area contributed by atoms with Crippen LogP contribution in [-0.2, 0) is 9.53 Å². The fraction of sp³-hybridized carbons (Fsp3) is 0.909. The van der Waals surface area contributed by atoms with Crippen LogP contribution < -0.4 is 0 Å². The van der Waals surface area contributed by atoms with Gasteiger partial charge in [0, 0.05) is 19.2 Å². The Balaban J connectivity index is 4.81. The standard InChI is InChI=1S/C11H23NO2/c1-8-12(10(2,3)4)9(13)11(5,6)14-7/h8H2,1-7H3. The van der Waals surface area contributed by atoms with Crippen LogP contribution in [0.4, 0.5) is 0 Å². The summed E-state index contributed by atoms with van der Waals surface area (Å²) in [6, 6.07) is 0. The van der Waals surface area contributed by atoms with Crippen molar-refractivity contribution >= 4 is 5.91 Å². The molecule has 84 valence electrons. The molecule has 14 heavy (non-hydrogen) atoms. The highest BCUT2D eigenvalue weighted by Gasteiger charge is 2.35. The van der Waals surface area contributed by atoms with E-state index in [-0.39, 0.29) is 11.4 Å². The summed E-state index contributed by atoms with van der Waals surface area (Å²) in [7, 11) is 1.56. The van der Waals surface area contributed by atoms with Crippen LogP contribution >= 0.6 is 0 Å². The van der Waals surface area contributed by atoms with Gasteiger partial charge < -0.3 is 9.64 Å². The molecule has 0 aromatic carbocycles.